The van der Waals surface area contributed by atoms with Crippen LogP contribution in [0.25, 0.3) is 22.7 Å². The zero-order chi connectivity index (χ0) is 22.6. The van der Waals surface area contributed by atoms with Crippen molar-refractivity contribution in [3.63, 3.8) is 0 Å². The van der Waals surface area contributed by atoms with Crippen molar-refractivity contribution in [2.45, 2.75) is 0 Å². The molecule has 3 aromatic heterocycles. The van der Waals surface area contributed by atoms with Crippen molar-refractivity contribution in [2.75, 3.05) is 46.5 Å². The molecule has 1 aliphatic rings. The first-order valence-electron chi connectivity index (χ1n) is 10.8. The Balaban J connectivity index is 1.44. The summed E-state index contributed by atoms with van der Waals surface area (Å²) in [6.07, 6.45) is 6.83. The van der Waals surface area contributed by atoms with E-state index in [1.807, 2.05) is 34.7 Å². The van der Waals surface area contributed by atoms with E-state index in [0.29, 0.717) is 23.6 Å². The topological polar surface area (TPSA) is 98.8 Å². The number of aromatic nitrogens is 5. The molecular weight excluding hydrogens is 422 g/mol. The second kappa shape index (κ2) is 9.39. The lowest BCUT2D eigenvalue weighted by atomic mass is 10.3. The van der Waals surface area contributed by atoms with Gasteiger partial charge in [0.2, 0.25) is 0 Å². The molecule has 4 aromatic rings. The van der Waals surface area contributed by atoms with Gasteiger partial charge in [0, 0.05) is 44.6 Å². The molecule has 0 radical (unpaired) electrons. The Morgan fingerprint density at radius 3 is 2.94 bits per heavy atom. The first-order chi connectivity index (χ1) is 16.2. The summed E-state index contributed by atoms with van der Waals surface area (Å²) in [6.45, 7) is 4.53. The second-order valence-corrected chi connectivity index (χ2v) is 7.66. The van der Waals surface area contributed by atoms with Crippen LogP contribution in [0.2, 0.25) is 0 Å². The van der Waals surface area contributed by atoms with Gasteiger partial charge in [-0.15, -0.1) is 0 Å². The van der Waals surface area contributed by atoms with Crippen molar-refractivity contribution in [3.8, 4) is 23.0 Å². The fraction of sp³-hybridized carbons (Fsp3) is 0.304. The molecule has 1 aromatic carbocycles. The third kappa shape index (κ3) is 4.30. The summed E-state index contributed by atoms with van der Waals surface area (Å²) in [4.78, 5) is 24.2. The Morgan fingerprint density at radius 1 is 1.21 bits per heavy atom. The molecule has 0 bridgehead atoms. The van der Waals surface area contributed by atoms with Gasteiger partial charge in [-0.2, -0.15) is 5.10 Å². The molecule has 5 rings (SSSR count). The Hall–Kier alpha value is -3.76. The zero-order valence-electron chi connectivity index (χ0n) is 18.3. The number of amides is 1. The fourth-order valence-corrected chi connectivity index (χ4v) is 3.94. The van der Waals surface area contributed by atoms with Crippen LogP contribution in [0.4, 0.5) is 0 Å². The van der Waals surface area contributed by atoms with E-state index in [1.165, 1.54) is 0 Å². The van der Waals surface area contributed by atoms with Gasteiger partial charge in [0.25, 0.3) is 5.91 Å². The van der Waals surface area contributed by atoms with E-state index < -0.39 is 0 Å². The minimum Gasteiger partial charge on any atom is -0.497 e. The number of nitrogens with zero attached hydrogens (tertiary/aromatic N) is 6. The van der Waals surface area contributed by atoms with Gasteiger partial charge < -0.3 is 14.8 Å². The van der Waals surface area contributed by atoms with Crippen molar-refractivity contribution in [1.82, 2.24) is 34.4 Å². The summed E-state index contributed by atoms with van der Waals surface area (Å²) >= 11 is 0. The molecule has 0 atom stereocenters. The maximum atomic E-state index is 13.0. The van der Waals surface area contributed by atoms with Crippen LogP contribution in [-0.4, -0.2) is 81.5 Å². The average Bonchev–Trinajstić information content (AvgIpc) is 3.50. The van der Waals surface area contributed by atoms with Gasteiger partial charge in [0.1, 0.15) is 11.4 Å². The smallest absolute Gasteiger partial charge is 0.272 e. The predicted octanol–water partition coefficient (Wildman–Crippen LogP) is 1.65. The number of hydrogen-bond donors (Lipinski definition) is 1. The van der Waals surface area contributed by atoms with Gasteiger partial charge in [-0.1, -0.05) is 6.07 Å². The summed E-state index contributed by atoms with van der Waals surface area (Å²) in [7, 11) is 1.63. The van der Waals surface area contributed by atoms with E-state index in [2.05, 4.69) is 20.3 Å². The fourth-order valence-electron chi connectivity index (χ4n) is 3.94. The monoisotopic (exact) mass is 447 g/mol. The van der Waals surface area contributed by atoms with E-state index in [-0.39, 0.29) is 5.91 Å². The largest absolute Gasteiger partial charge is 0.497 e. The van der Waals surface area contributed by atoms with Crippen LogP contribution in [0.15, 0.2) is 55.1 Å². The molecule has 0 aliphatic carbocycles. The molecule has 1 fully saturated rings. The summed E-state index contributed by atoms with van der Waals surface area (Å²) in [5.41, 5.74) is 2.54. The number of fused-ring (bicyclic) bond motifs is 1. The van der Waals surface area contributed by atoms with Crippen LogP contribution in [-0.2, 0) is 4.74 Å². The van der Waals surface area contributed by atoms with Crippen molar-refractivity contribution >= 4 is 11.4 Å². The molecule has 33 heavy (non-hydrogen) atoms. The van der Waals surface area contributed by atoms with Crippen LogP contribution in [0.1, 0.15) is 10.5 Å². The number of methoxy groups -OCH3 is 1. The predicted molar refractivity (Wildman–Crippen MR) is 122 cm³/mol. The average molecular weight is 447 g/mol. The number of nitrogens with one attached hydrogen (secondary N) is 1. The maximum Gasteiger partial charge on any atom is 0.272 e. The van der Waals surface area contributed by atoms with Gasteiger partial charge in [-0.3, -0.25) is 19.1 Å². The molecule has 4 heterocycles. The molecule has 1 saturated heterocycles. The second-order valence-electron chi connectivity index (χ2n) is 7.66. The van der Waals surface area contributed by atoms with Crippen molar-refractivity contribution in [3.05, 3.63) is 60.8 Å². The summed E-state index contributed by atoms with van der Waals surface area (Å²) < 4.78 is 14.4. The van der Waals surface area contributed by atoms with Gasteiger partial charge >= 0.3 is 0 Å². The number of imidazole rings is 1. The third-order valence-corrected chi connectivity index (χ3v) is 5.65. The van der Waals surface area contributed by atoms with E-state index in [9.17, 15) is 4.79 Å². The quantitative estimate of drug-likeness (QED) is 0.460. The van der Waals surface area contributed by atoms with Crippen LogP contribution in [0.3, 0.4) is 0 Å². The summed E-state index contributed by atoms with van der Waals surface area (Å²) in [6, 6.07) is 9.49. The highest BCUT2D eigenvalue weighted by Crippen LogP contribution is 2.26. The lowest BCUT2D eigenvalue weighted by Gasteiger charge is -2.26. The van der Waals surface area contributed by atoms with Crippen molar-refractivity contribution in [1.29, 1.82) is 0 Å². The van der Waals surface area contributed by atoms with E-state index >= 15 is 0 Å². The molecule has 0 unspecified atom stereocenters. The number of carbonyl (C=O) groups excluding carboxylic acids is 1. The van der Waals surface area contributed by atoms with Crippen LogP contribution in [0.5, 0.6) is 5.75 Å². The summed E-state index contributed by atoms with van der Waals surface area (Å²) in [5, 5.41) is 7.47. The zero-order valence-corrected chi connectivity index (χ0v) is 18.3. The molecule has 0 spiro atoms. The summed E-state index contributed by atoms with van der Waals surface area (Å²) in [5.74, 6) is 1.10. The number of hydrogen-bond acceptors (Lipinski definition) is 7. The van der Waals surface area contributed by atoms with E-state index in [4.69, 9.17) is 14.5 Å². The lowest BCUT2D eigenvalue weighted by molar-refractivity contribution is 0.0383. The molecule has 170 valence electrons. The van der Waals surface area contributed by atoms with Crippen LogP contribution in [0, 0.1) is 0 Å². The number of ether oxygens (including phenoxy) is 2. The van der Waals surface area contributed by atoms with Gasteiger partial charge in [-0.25, -0.2) is 9.67 Å². The molecule has 1 aliphatic heterocycles. The third-order valence-electron chi connectivity index (χ3n) is 5.65. The van der Waals surface area contributed by atoms with Gasteiger partial charge in [0.05, 0.1) is 43.9 Å². The van der Waals surface area contributed by atoms with Gasteiger partial charge in [0.15, 0.2) is 11.5 Å². The van der Waals surface area contributed by atoms with Crippen molar-refractivity contribution < 1.29 is 14.3 Å². The number of carbonyl (C=O) groups is 1. The highest BCUT2D eigenvalue weighted by Gasteiger charge is 2.21. The van der Waals surface area contributed by atoms with Crippen LogP contribution >= 0.6 is 0 Å². The Bertz CT molecular complexity index is 1260. The Labute approximate surface area is 190 Å². The normalized spacial score (nSPS) is 14.5. The van der Waals surface area contributed by atoms with E-state index in [1.54, 1.807) is 36.6 Å². The number of benzene rings is 1. The Kier molecular flexibility index (Phi) is 6.01. The number of morpholine rings is 1. The standard InChI is InChI=1S/C23H25N7O3/c1-32-18-4-2-3-17(15-18)30-19(5-6-26-30)22-27-21(20-16-24-7-10-29(20)22)23(31)25-8-9-28-11-13-33-14-12-28/h2-7,10,15-16H,8-9,11-14H2,1H3,(H,25,31). The molecule has 1 amide bonds. The Morgan fingerprint density at radius 2 is 2.09 bits per heavy atom. The molecular formula is C23H25N7O3. The minimum atomic E-state index is -0.229. The first kappa shape index (κ1) is 21.1. The highest BCUT2D eigenvalue weighted by molar-refractivity contribution is 5.99. The number of rotatable bonds is 7. The maximum absolute atomic E-state index is 13.0. The van der Waals surface area contributed by atoms with Crippen molar-refractivity contribution in [2.24, 2.45) is 0 Å². The highest BCUT2D eigenvalue weighted by atomic mass is 16.5. The van der Waals surface area contributed by atoms with Crippen LogP contribution < -0.4 is 10.1 Å². The first-order valence-corrected chi connectivity index (χ1v) is 10.8. The molecule has 1 N–H and O–H groups in total. The molecule has 0 saturated carbocycles. The van der Waals surface area contributed by atoms with Gasteiger partial charge in [-0.05, 0) is 18.2 Å². The minimum absolute atomic E-state index is 0.229. The molecule has 10 nitrogen and oxygen atoms in total. The SMILES string of the molecule is COc1cccc(-n2nccc2-c2nc(C(=O)NCCN3CCOCC3)c3cnccn23)c1. The molecule has 10 heteroatoms. The lowest BCUT2D eigenvalue weighted by Crippen LogP contribution is -2.41. The van der Waals surface area contributed by atoms with E-state index in [0.717, 1.165) is 50.0 Å².